The van der Waals surface area contributed by atoms with E-state index < -0.39 is 0 Å². The number of methoxy groups -OCH3 is 2. The first kappa shape index (κ1) is 16.6. The van der Waals surface area contributed by atoms with Crippen LogP contribution < -0.4 is 14.8 Å². The minimum Gasteiger partial charge on any atom is -0.493 e. The third kappa shape index (κ3) is 4.12. The highest BCUT2D eigenvalue weighted by Crippen LogP contribution is 2.34. The van der Waals surface area contributed by atoms with E-state index in [-0.39, 0.29) is 5.82 Å². The maximum Gasteiger partial charge on any atom is 0.165 e. The van der Waals surface area contributed by atoms with Crippen molar-refractivity contribution in [3.8, 4) is 11.5 Å². The van der Waals surface area contributed by atoms with Crippen molar-refractivity contribution in [3.05, 3.63) is 58.4 Å². The van der Waals surface area contributed by atoms with E-state index in [1.54, 1.807) is 32.4 Å². The summed E-state index contributed by atoms with van der Waals surface area (Å²) in [5.41, 5.74) is 1.60. The summed E-state index contributed by atoms with van der Waals surface area (Å²) >= 11 is 6.07. The average molecular weight is 324 g/mol. The van der Waals surface area contributed by atoms with E-state index >= 15 is 0 Å². The van der Waals surface area contributed by atoms with Gasteiger partial charge >= 0.3 is 0 Å². The van der Waals surface area contributed by atoms with Gasteiger partial charge in [0.2, 0.25) is 0 Å². The molecule has 22 heavy (non-hydrogen) atoms. The molecule has 0 aliphatic heterocycles. The Kier molecular flexibility index (Phi) is 6.04. The lowest BCUT2D eigenvalue weighted by atomic mass is 10.1. The van der Waals surface area contributed by atoms with Gasteiger partial charge in [0.05, 0.1) is 14.2 Å². The van der Waals surface area contributed by atoms with E-state index in [4.69, 9.17) is 21.1 Å². The van der Waals surface area contributed by atoms with Crippen LogP contribution in [-0.4, -0.2) is 20.8 Å². The minimum absolute atomic E-state index is 0.175. The summed E-state index contributed by atoms with van der Waals surface area (Å²) in [6.45, 7) is 1.22. The molecule has 2 rings (SSSR count). The summed E-state index contributed by atoms with van der Waals surface area (Å²) in [4.78, 5) is 0. The fourth-order valence-corrected chi connectivity index (χ4v) is 2.52. The minimum atomic E-state index is -0.175. The van der Waals surface area contributed by atoms with Crippen LogP contribution in [0.25, 0.3) is 0 Å². The van der Waals surface area contributed by atoms with Gasteiger partial charge in [0, 0.05) is 23.2 Å². The summed E-state index contributed by atoms with van der Waals surface area (Å²) in [6, 6.07) is 10.3. The summed E-state index contributed by atoms with van der Waals surface area (Å²) < 4.78 is 24.2. The lowest BCUT2D eigenvalue weighted by molar-refractivity contribution is 0.350. The molecule has 0 heterocycles. The van der Waals surface area contributed by atoms with Crippen LogP contribution in [0.1, 0.15) is 11.1 Å². The lowest BCUT2D eigenvalue weighted by Crippen LogP contribution is -2.17. The zero-order valence-electron chi connectivity index (χ0n) is 12.7. The van der Waals surface area contributed by atoms with E-state index in [9.17, 15) is 4.39 Å². The molecular formula is C17H19ClFNO2. The largest absolute Gasteiger partial charge is 0.493 e. The molecule has 0 fully saturated rings. The molecule has 1 N–H and O–H groups in total. The van der Waals surface area contributed by atoms with Crippen LogP contribution in [0.4, 0.5) is 4.39 Å². The van der Waals surface area contributed by atoms with Gasteiger partial charge in [-0.2, -0.15) is 0 Å². The highest BCUT2D eigenvalue weighted by atomic mass is 35.5. The third-order valence-corrected chi connectivity index (χ3v) is 3.58. The molecule has 0 spiro atoms. The third-order valence-electron chi connectivity index (χ3n) is 3.36. The van der Waals surface area contributed by atoms with Gasteiger partial charge in [-0.05, 0) is 30.7 Å². The molecule has 0 atom stereocenters. The van der Waals surface area contributed by atoms with Crippen LogP contribution in [0, 0.1) is 5.82 Å². The SMILES string of the molecule is COc1cc(Cl)cc(CNCCc2ccccc2F)c1OC. The first-order chi connectivity index (χ1) is 10.7. The smallest absolute Gasteiger partial charge is 0.165 e. The van der Waals surface area contributed by atoms with Crippen LogP contribution in [0.2, 0.25) is 5.02 Å². The Bertz CT molecular complexity index is 634. The van der Waals surface area contributed by atoms with Crippen molar-refractivity contribution >= 4 is 11.6 Å². The molecule has 0 radical (unpaired) electrons. The van der Waals surface area contributed by atoms with Gasteiger partial charge in [0.15, 0.2) is 11.5 Å². The molecule has 2 aromatic rings. The number of hydrogen-bond acceptors (Lipinski definition) is 3. The molecule has 0 aromatic heterocycles. The quantitative estimate of drug-likeness (QED) is 0.786. The Morgan fingerprint density at radius 2 is 1.86 bits per heavy atom. The number of nitrogens with one attached hydrogen (secondary N) is 1. The van der Waals surface area contributed by atoms with Crippen LogP contribution in [0.3, 0.4) is 0 Å². The molecule has 118 valence electrons. The van der Waals surface area contributed by atoms with E-state index in [0.29, 0.717) is 41.6 Å². The highest BCUT2D eigenvalue weighted by molar-refractivity contribution is 6.30. The monoisotopic (exact) mass is 323 g/mol. The van der Waals surface area contributed by atoms with Crippen molar-refractivity contribution in [2.24, 2.45) is 0 Å². The van der Waals surface area contributed by atoms with Crippen molar-refractivity contribution in [1.82, 2.24) is 5.32 Å². The maximum absolute atomic E-state index is 13.5. The summed E-state index contributed by atoms with van der Waals surface area (Å²) in [5.74, 6) is 1.08. The Balaban J connectivity index is 1.97. The van der Waals surface area contributed by atoms with Crippen molar-refractivity contribution < 1.29 is 13.9 Å². The first-order valence-electron chi connectivity index (χ1n) is 7.00. The maximum atomic E-state index is 13.5. The molecule has 0 aliphatic rings. The summed E-state index contributed by atoms with van der Waals surface area (Å²) in [5, 5.41) is 3.86. The van der Waals surface area contributed by atoms with Gasteiger partial charge in [-0.3, -0.25) is 0 Å². The van der Waals surface area contributed by atoms with E-state index in [2.05, 4.69) is 5.32 Å². The van der Waals surface area contributed by atoms with Crippen molar-refractivity contribution in [2.75, 3.05) is 20.8 Å². The fourth-order valence-electron chi connectivity index (χ4n) is 2.28. The van der Waals surface area contributed by atoms with Crippen molar-refractivity contribution in [3.63, 3.8) is 0 Å². The lowest BCUT2D eigenvalue weighted by Gasteiger charge is -2.14. The van der Waals surface area contributed by atoms with Gasteiger partial charge in [-0.25, -0.2) is 4.39 Å². The average Bonchev–Trinajstić information content (AvgIpc) is 2.52. The van der Waals surface area contributed by atoms with Gasteiger partial charge < -0.3 is 14.8 Å². The molecular weight excluding hydrogens is 305 g/mol. The van der Waals surface area contributed by atoms with E-state index in [1.807, 2.05) is 12.1 Å². The zero-order chi connectivity index (χ0) is 15.9. The predicted octanol–water partition coefficient (Wildman–Crippen LogP) is 3.83. The number of benzene rings is 2. The summed E-state index contributed by atoms with van der Waals surface area (Å²) in [6.07, 6.45) is 0.618. The first-order valence-corrected chi connectivity index (χ1v) is 7.38. The van der Waals surface area contributed by atoms with Gasteiger partial charge in [0.25, 0.3) is 0 Å². The van der Waals surface area contributed by atoms with Crippen LogP contribution >= 0.6 is 11.6 Å². The normalized spacial score (nSPS) is 10.5. The highest BCUT2D eigenvalue weighted by Gasteiger charge is 2.11. The van der Waals surface area contributed by atoms with Crippen molar-refractivity contribution in [2.45, 2.75) is 13.0 Å². The number of hydrogen-bond donors (Lipinski definition) is 1. The zero-order valence-corrected chi connectivity index (χ0v) is 13.4. The second-order valence-electron chi connectivity index (χ2n) is 4.82. The van der Waals surface area contributed by atoms with Gasteiger partial charge in [0.1, 0.15) is 5.82 Å². The van der Waals surface area contributed by atoms with E-state index in [0.717, 1.165) is 5.56 Å². The number of ether oxygens (including phenoxy) is 2. The number of halogens is 2. The van der Waals surface area contributed by atoms with E-state index in [1.165, 1.54) is 6.07 Å². The Labute approximate surface area is 135 Å². The molecule has 3 nitrogen and oxygen atoms in total. The second kappa shape index (κ2) is 8.01. The molecule has 2 aromatic carbocycles. The molecule has 0 bridgehead atoms. The molecule has 0 aliphatic carbocycles. The predicted molar refractivity (Wildman–Crippen MR) is 86.4 cm³/mol. The Morgan fingerprint density at radius 1 is 1.09 bits per heavy atom. The summed E-state index contributed by atoms with van der Waals surface area (Å²) in [7, 11) is 3.16. The topological polar surface area (TPSA) is 30.5 Å². The van der Waals surface area contributed by atoms with Crippen LogP contribution in [0.5, 0.6) is 11.5 Å². The second-order valence-corrected chi connectivity index (χ2v) is 5.26. The Hall–Kier alpha value is -1.78. The van der Waals surface area contributed by atoms with Gasteiger partial charge in [-0.15, -0.1) is 0 Å². The number of rotatable bonds is 7. The molecule has 0 saturated heterocycles. The molecule has 0 unspecified atom stereocenters. The van der Waals surface area contributed by atoms with Gasteiger partial charge in [-0.1, -0.05) is 29.8 Å². The fraction of sp³-hybridized carbons (Fsp3) is 0.294. The molecule has 0 amide bonds. The van der Waals surface area contributed by atoms with Crippen LogP contribution in [0.15, 0.2) is 36.4 Å². The molecule has 0 saturated carbocycles. The van der Waals surface area contributed by atoms with Crippen molar-refractivity contribution in [1.29, 1.82) is 0 Å². The van der Waals surface area contributed by atoms with Crippen LogP contribution in [-0.2, 0) is 13.0 Å². The Morgan fingerprint density at radius 3 is 2.55 bits per heavy atom. The standard InChI is InChI=1S/C17H19ClFNO2/c1-21-16-10-14(18)9-13(17(16)22-2)11-20-8-7-12-5-3-4-6-15(12)19/h3-6,9-10,20H,7-8,11H2,1-2H3. The molecule has 5 heteroatoms.